The molecule has 0 saturated carbocycles. The minimum atomic E-state index is 0.355. The number of hydrogen-bond donors (Lipinski definition) is 0. The topological polar surface area (TPSA) is 0 Å². The van der Waals surface area contributed by atoms with Gasteiger partial charge >= 0.3 is 0 Å². The monoisotopic (exact) mass is 908 g/mol. The van der Waals surface area contributed by atoms with E-state index in [1.54, 1.807) is 0 Å². The van der Waals surface area contributed by atoms with Crippen LogP contribution in [-0.4, -0.2) is 0 Å². The summed E-state index contributed by atoms with van der Waals surface area (Å²) in [4.78, 5) is 0. The van der Waals surface area contributed by atoms with E-state index in [-0.39, 0.29) is 0 Å². The van der Waals surface area contributed by atoms with Gasteiger partial charge in [-0.2, -0.15) is 0 Å². The van der Waals surface area contributed by atoms with Crippen LogP contribution in [0.1, 0.15) is 56.1 Å². The van der Waals surface area contributed by atoms with Gasteiger partial charge in [-0.25, -0.2) is 0 Å². The largest absolute Gasteiger partial charge is 0.0622 e. The molecule has 12 aromatic carbocycles. The molecule has 12 rings (SSSR count). The Hall–Kier alpha value is -8.32. The maximum absolute atomic E-state index is 2.47. The fourth-order valence-corrected chi connectivity index (χ4v) is 11.8. The molecule has 71 heavy (non-hydrogen) atoms. The van der Waals surface area contributed by atoms with Crippen LogP contribution in [0.2, 0.25) is 0 Å². The Morgan fingerprint density at radius 2 is 0.437 bits per heavy atom. The van der Waals surface area contributed by atoms with Crippen molar-refractivity contribution in [1.82, 2.24) is 0 Å². The predicted molar refractivity (Wildman–Crippen MR) is 306 cm³/mol. The van der Waals surface area contributed by atoms with Gasteiger partial charge in [0.05, 0.1) is 0 Å². The molecule has 0 nitrogen and oxygen atoms in total. The second-order valence-electron chi connectivity index (χ2n) is 19.6. The van der Waals surface area contributed by atoms with Gasteiger partial charge in [0.2, 0.25) is 0 Å². The van der Waals surface area contributed by atoms with Crippen molar-refractivity contribution in [3.8, 4) is 66.8 Å². The molecule has 0 aliphatic carbocycles. The fraction of sp³-hybridized carbons (Fsp3) is 0.0986. The Bertz CT molecular complexity index is 3360. The third kappa shape index (κ3) is 8.40. The van der Waals surface area contributed by atoms with Gasteiger partial charge < -0.3 is 0 Å². The molecule has 0 amide bonds. The van der Waals surface area contributed by atoms with E-state index >= 15 is 0 Å². The van der Waals surface area contributed by atoms with Crippen molar-refractivity contribution in [2.24, 2.45) is 0 Å². The number of rotatable bonds is 12. The van der Waals surface area contributed by atoms with Crippen LogP contribution in [0.25, 0.3) is 110 Å². The molecule has 0 saturated heterocycles. The highest BCUT2D eigenvalue weighted by Gasteiger charge is 2.23. The van der Waals surface area contributed by atoms with Crippen molar-refractivity contribution < 1.29 is 0 Å². The Balaban J connectivity index is 0.910. The Morgan fingerprint density at radius 1 is 0.225 bits per heavy atom. The molecule has 2 atom stereocenters. The van der Waals surface area contributed by atoms with Crippen molar-refractivity contribution in [3.63, 3.8) is 0 Å². The third-order valence-electron chi connectivity index (χ3n) is 15.1. The number of benzene rings is 12. The van der Waals surface area contributed by atoms with Crippen molar-refractivity contribution in [2.45, 2.75) is 44.9 Å². The van der Waals surface area contributed by atoms with Crippen LogP contribution in [0, 0.1) is 0 Å². The number of hydrogen-bond acceptors (Lipinski definition) is 0. The summed E-state index contributed by atoms with van der Waals surface area (Å²) in [6.45, 7) is 4.93. The maximum Gasteiger partial charge on any atom is -0.00262 e. The van der Waals surface area contributed by atoms with E-state index < -0.39 is 0 Å². The first-order valence-electron chi connectivity index (χ1n) is 25.5. The van der Waals surface area contributed by atoms with Crippen molar-refractivity contribution in [2.75, 3.05) is 0 Å². The molecule has 0 N–H and O–H groups in total. The van der Waals surface area contributed by atoms with Crippen LogP contribution < -0.4 is 0 Å². The average Bonchev–Trinajstić information content (AvgIpc) is 3.44. The van der Waals surface area contributed by atoms with Crippen LogP contribution in [0.4, 0.5) is 0 Å². The minimum Gasteiger partial charge on any atom is -0.0622 e. The molecule has 0 aliphatic heterocycles. The summed E-state index contributed by atoms with van der Waals surface area (Å²) in [5.41, 5.74) is 17.8. The average molecular weight is 909 g/mol. The van der Waals surface area contributed by atoms with Crippen LogP contribution in [0.15, 0.2) is 255 Å². The lowest BCUT2D eigenvalue weighted by Crippen LogP contribution is -2.02. The van der Waals surface area contributed by atoms with Gasteiger partial charge in [-0.1, -0.05) is 239 Å². The lowest BCUT2D eigenvalue weighted by Gasteiger charge is -2.24. The second kappa shape index (κ2) is 19.2. The summed E-state index contributed by atoms with van der Waals surface area (Å²) < 4.78 is 0. The molecule has 12 aromatic rings. The minimum absolute atomic E-state index is 0.355. The zero-order valence-corrected chi connectivity index (χ0v) is 40.5. The second-order valence-corrected chi connectivity index (χ2v) is 19.6. The number of fused-ring (bicyclic) bond motifs is 4. The Labute approximate surface area is 418 Å². The Morgan fingerprint density at radius 3 is 0.690 bits per heavy atom. The zero-order valence-electron chi connectivity index (χ0n) is 40.5. The summed E-state index contributed by atoms with van der Waals surface area (Å²) >= 11 is 0. The molecule has 0 fully saturated rings. The standard InChI is InChI=1S/C71H56/c1-48(68-60-34-15-19-38-64(60)70(65-39-20-16-35-61(65)68)58-44-54(50-26-7-3-8-27-50)42-55(45-58)51-28-9-4-10-29-51)24-23-25-49(2)69-62-36-17-21-40-66(62)71(67-41-22-18-37-63(67)69)59-46-56(52-30-11-5-12-31-52)43-57(47-59)53-32-13-6-14-33-53/h3-22,26-49H,23-25H2,1-2H3. The van der Waals surface area contributed by atoms with Crippen LogP contribution in [0.3, 0.4) is 0 Å². The normalized spacial score (nSPS) is 12.4. The molecular formula is C71H56. The SMILES string of the molecule is CC(CCCC(C)c1c2ccccc2c(-c2cc(-c3ccccc3)cc(-c3ccccc3)c2)c2ccccc12)c1c2ccccc2c(-c2cc(-c3ccccc3)cc(-c3ccccc3)c2)c2ccccc12. The fourth-order valence-electron chi connectivity index (χ4n) is 11.8. The van der Waals surface area contributed by atoms with Gasteiger partial charge in [0.25, 0.3) is 0 Å². The van der Waals surface area contributed by atoms with E-state index in [0.29, 0.717) is 11.8 Å². The van der Waals surface area contributed by atoms with Gasteiger partial charge in [-0.3, -0.25) is 0 Å². The predicted octanol–water partition coefficient (Wildman–Crippen LogP) is 20.4. The van der Waals surface area contributed by atoms with E-state index in [0.717, 1.165) is 19.3 Å². The molecule has 0 spiro atoms. The van der Waals surface area contributed by atoms with Gasteiger partial charge in [-0.05, 0) is 182 Å². The third-order valence-corrected chi connectivity index (χ3v) is 15.1. The molecule has 0 heterocycles. The van der Waals surface area contributed by atoms with Crippen LogP contribution in [-0.2, 0) is 0 Å². The van der Waals surface area contributed by atoms with Crippen molar-refractivity contribution >= 4 is 43.1 Å². The first kappa shape index (κ1) is 43.9. The zero-order chi connectivity index (χ0) is 47.7. The highest BCUT2D eigenvalue weighted by molar-refractivity contribution is 6.17. The van der Waals surface area contributed by atoms with Crippen LogP contribution >= 0.6 is 0 Å². The summed E-state index contributed by atoms with van der Waals surface area (Å²) in [6.07, 6.45) is 3.32. The quantitative estimate of drug-likeness (QED) is 0.107. The van der Waals surface area contributed by atoms with Crippen LogP contribution in [0.5, 0.6) is 0 Å². The molecule has 340 valence electrons. The van der Waals surface area contributed by atoms with E-state index in [2.05, 4.69) is 269 Å². The van der Waals surface area contributed by atoms with E-state index in [1.807, 2.05) is 0 Å². The maximum atomic E-state index is 2.47. The Kier molecular flexibility index (Phi) is 11.9. The molecule has 0 aliphatic rings. The summed E-state index contributed by atoms with van der Waals surface area (Å²) in [6, 6.07) is 94.4. The first-order chi connectivity index (χ1) is 35.1. The summed E-state index contributed by atoms with van der Waals surface area (Å²) in [5, 5.41) is 10.7. The van der Waals surface area contributed by atoms with Gasteiger partial charge in [-0.15, -0.1) is 0 Å². The molecule has 0 heteroatoms. The van der Waals surface area contributed by atoms with Gasteiger partial charge in [0.1, 0.15) is 0 Å². The molecule has 0 bridgehead atoms. The molecule has 2 unspecified atom stereocenters. The lowest BCUT2D eigenvalue weighted by molar-refractivity contribution is 0.567. The first-order valence-corrected chi connectivity index (χ1v) is 25.5. The summed E-state index contributed by atoms with van der Waals surface area (Å²) in [5.74, 6) is 0.710. The van der Waals surface area contributed by atoms with E-state index in [1.165, 1.54) is 121 Å². The van der Waals surface area contributed by atoms with Gasteiger partial charge in [0, 0.05) is 0 Å². The molecule has 0 radical (unpaired) electrons. The highest BCUT2D eigenvalue weighted by atomic mass is 14.3. The summed E-state index contributed by atoms with van der Waals surface area (Å²) in [7, 11) is 0. The van der Waals surface area contributed by atoms with E-state index in [4.69, 9.17) is 0 Å². The highest BCUT2D eigenvalue weighted by Crippen LogP contribution is 2.47. The van der Waals surface area contributed by atoms with Crippen molar-refractivity contribution in [3.05, 3.63) is 266 Å². The van der Waals surface area contributed by atoms with Crippen molar-refractivity contribution in [1.29, 1.82) is 0 Å². The van der Waals surface area contributed by atoms with Gasteiger partial charge in [0.15, 0.2) is 0 Å². The van der Waals surface area contributed by atoms with E-state index in [9.17, 15) is 0 Å². The molecule has 0 aromatic heterocycles. The smallest absolute Gasteiger partial charge is 0.00262 e. The lowest BCUT2D eigenvalue weighted by atomic mass is 9.80. The molecular weight excluding hydrogens is 853 g/mol.